The molecule has 0 radical (unpaired) electrons. The molecule has 0 aliphatic heterocycles. The molecular weight excluding hydrogens is 278 g/mol. The second kappa shape index (κ2) is 6.70. The summed E-state index contributed by atoms with van der Waals surface area (Å²) in [5.41, 5.74) is 6.96. The Balaban J connectivity index is 1.61. The summed E-state index contributed by atoms with van der Waals surface area (Å²) in [4.78, 5) is 16.4. The number of pyridine rings is 1. The molecule has 2 atom stereocenters. The van der Waals surface area contributed by atoms with Crippen molar-refractivity contribution in [3.63, 3.8) is 0 Å². The lowest BCUT2D eigenvalue weighted by Crippen LogP contribution is -2.31. The third kappa shape index (κ3) is 3.33. The van der Waals surface area contributed by atoms with Crippen LogP contribution in [-0.4, -0.2) is 26.7 Å². The molecular formula is C16H21N5O. The molecule has 1 fully saturated rings. The molecule has 116 valence electrons. The zero-order valence-corrected chi connectivity index (χ0v) is 12.5. The summed E-state index contributed by atoms with van der Waals surface area (Å²) in [7, 11) is 0. The van der Waals surface area contributed by atoms with Gasteiger partial charge in [0.2, 0.25) is 5.91 Å². The maximum atomic E-state index is 12.1. The van der Waals surface area contributed by atoms with Crippen LogP contribution >= 0.6 is 0 Å². The standard InChI is InChI=1S/C16H21N5O/c17-14-6-1-4-12(14)10-15(22)19-11-13-5-2-7-18-16(13)21-9-3-8-20-21/h2-3,5,7-9,12,14H,1,4,6,10-11,17H2,(H,19,22)/t12-,14+/m0/s1. The third-order valence-corrected chi connectivity index (χ3v) is 4.23. The smallest absolute Gasteiger partial charge is 0.220 e. The van der Waals surface area contributed by atoms with E-state index in [1.54, 1.807) is 17.1 Å². The second-order valence-corrected chi connectivity index (χ2v) is 5.77. The van der Waals surface area contributed by atoms with E-state index in [1.165, 1.54) is 0 Å². The van der Waals surface area contributed by atoms with Crippen molar-refractivity contribution in [3.8, 4) is 5.82 Å². The highest BCUT2D eigenvalue weighted by Gasteiger charge is 2.25. The van der Waals surface area contributed by atoms with E-state index in [4.69, 9.17) is 5.73 Å². The van der Waals surface area contributed by atoms with E-state index in [9.17, 15) is 4.79 Å². The van der Waals surface area contributed by atoms with Crippen LogP contribution in [0.1, 0.15) is 31.2 Å². The van der Waals surface area contributed by atoms with Crippen LogP contribution in [0.5, 0.6) is 0 Å². The SMILES string of the molecule is N[C@@H]1CCC[C@H]1CC(=O)NCc1cccnc1-n1cccn1. The van der Waals surface area contributed by atoms with Gasteiger partial charge in [0.25, 0.3) is 0 Å². The van der Waals surface area contributed by atoms with Crippen LogP contribution in [0.2, 0.25) is 0 Å². The van der Waals surface area contributed by atoms with Crippen molar-refractivity contribution in [2.24, 2.45) is 11.7 Å². The fourth-order valence-electron chi connectivity index (χ4n) is 2.99. The number of nitrogens with zero attached hydrogens (tertiary/aromatic N) is 3. The van der Waals surface area contributed by atoms with Gasteiger partial charge in [-0.05, 0) is 30.9 Å². The van der Waals surface area contributed by atoms with Gasteiger partial charge in [-0.3, -0.25) is 4.79 Å². The van der Waals surface area contributed by atoms with Crippen LogP contribution < -0.4 is 11.1 Å². The normalized spacial score (nSPS) is 21.0. The molecule has 1 aliphatic carbocycles. The lowest BCUT2D eigenvalue weighted by Gasteiger charge is -2.15. The van der Waals surface area contributed by atoms with Crippen LogP contribution in [0, 0.1) is 5.92 Å². The highest BCUT2D eigenvalue weighted by atomic mass is 16.1. The summed E-state index contributed by atoms with van der Waals surface area (Å²) in [6, 6.07) is 5.83. The minimum Gasteiger partial charge on any atom is -0.352 e. The minimum absolute atomic E-state index is 0.0534. The molecule has 2 aromatic rings. The Kier molecular flexibility index (Phi) is 4.48. The van der Waals surface area contributed by atoms with E-state index in [2.05, 4.69) is 15.4 Å². The molecule has 2 aromatic heterocycles. The van der Waals surface area contributed by atoms with Crippen molar-refractivity contribution in [2.75, 3.05) is 0 Å². The van der Waals surface area contributed by atoms with Crippen molar-refractivity contribution in [1.82, 2.24) is 20.1 Å². The number of carbonyl (C=O) groups excluding carboxylic acids is 1. The summed E-state index contributed by atoms with van der Waals surface area (Å²) >= 11 is 0. The first-order chi connectivity index (χ1) is 10.7. The molecule has 22 heavy (non-hydrogen) atoms. The molecule has 6 nitrogen and oxygen atoms in total. The fourth-order valence-corrected chi connectivity index (χ4v) is 2.99. The number of carbonyl (C=O) groups is 1. The zero-order valence-electron chi connectivity index (χ0n) is 12.5. The molecule has 0 aromatic carbocycles. The Morgan fingerprint density at radius 3 is 3.00 bits per heavy atom. The van der Waals surface area contributed by atoms with Gasteiger partial charge in [-0.2, -0.15) is 5.10 Å². The summed E-state index contributed by atoms with van der Waals surface area (Å²) in [5, 5.41) is 7.17. The lowest BCUT2D eigenvalue weighted by molar-refractivity contribution is -0.122. The predicted octanol–water partition coefficient (Wildman–Crippen LogP) is 1.40. The van der Waals surface area contributed by atoms with Crippen LogP contribution in [0.4, 0.5) is 0 Å². The van der Waals surface area contributed by atoms with E-state index in [1.807, 2.05) is 24.4 Å². The van der Waals surface area contributed by atoms with E-state index < -0.39 is 0 Å². The molecule has 2 heterocycles. The highest BCUT2D eigenvalue weighted by Crippen LogP contribution is 2.26. The van der Waals surface area contributed by atoms with Crippen LogP contribution in [0.25, 0.3) is 5.82 Å². The Morgan fingerprint density at radius 1 is 1.36 bits per heavy atom. The van der Waals surface area contributed by atoms with Crippen LogP contribution in [0.15, 0.2) is 36.8 Å². The molecule has 1 aliphatic rings. The number of hydrogen-bond donors (Lipinski definition) is 2. The molecule has 3 rings (SSSR count). The topological polar surface area (TPSA) is 85.8 Å². The van der Waals surface area contributed by atoms with Gasteiger partial charge < -0.3 is 11.1 Å². The summed E-state index contributed by atoms with van der Waals surface area (Å²) in [6.07, 6.45) is 9.00. The van der Waals surface area contributed by atoms with E-state index in [0.717, 1.165) is 30.6 Å². The molecule has 0 bridgehead atoms. The summed E-state index contributed by atoms with van der Waals surface area (Å²) < 4.78 is 1.70. The van der Waals surface area contributed by atoms with Crippen molar-refractivity contribution in [2.45, 2.75) is 38.3 Å². The summed E-state index contributed by atoms with van der Waals surface area (Å²) in [6.45, 7) is 0.448. The lowest BCUT2D eigenvalue weighted by atomic mass is 10.00. The Morgan fingerprint density at radius 2 is 2.27 bits per heavy atom. The average Bonchev–Trinajstić information content (AvgIpc) is 3.18. The van der Waals surface area contributed by atoms with Crippen molar-refractivity contribution in [3.05, 3.63) is 42.4 Å². The number of nitrogens with two attached hydrogens (primary N) is 1. The van der Waals surface area contributed by atoms with Gasteiger partial charge in [0.1, 0.15) is 0 Å². The van der Waals surface area contributed by atoms with E-state index in [-0.39, 0.29) is 11.9 Å². The molecule has 1 saturated carbocycles. The second-order valence-electron chi connectivity index (χ2n) is 5.77. The molecule has 0 spiro atoms. The van der Waals surface area contributed by atoms with E-state index in [0.29, 0.717) is 18.9 Å². The van der Waals surface area contributed by atoms with Crippen LogP contribution in [-0.2, 0) is 11.3 Å². The predicted molar refractivity (Wildman–Crippen MR) is 83.1 cm³/mol. The first-order valence-electron chi connectivity index (χ1n) is 7.70. The third-order valence-electron chi connectivity index (χ3n) is 4.23. The van der Waals surface area contributed by atoms with Crippen molar-refractivity contribution >= 4 is 5.91 Å². The van der Waals surface area contributed by atoms with E-state index >= 15 is 0 Å². The molecule has 0 saturated heterocycles. The van der Waals surface area contributed by atoms with Gasteiger partial charge in [0.15, 0.2) is 5.82 Å². The Hall–Kier alpha value is -2.21. The minimum atomic E-state index is 0.0534. The van der Waals surface area contributed by atoms with Crippen molar-refractivity contribution in [1.29, 1.82) is 0 Å². The molecule has 0 unspecified atom stereocenters. The maximum Gasteiger partial charge on any atom is 0.220 e. The largest absolute Gasteiger partial charge is 0.352 e. The first kappa shape index (κ1) is 14.7. The number of nitrogens with one attached hydrogen (secondary N) is 1. The Labute approximate surface area is 129 Å². The molecule has 6 heteroatoms. The van der Waals surface area contributed by atoms with Gasteiger partial charge in [0, 0.05) is 43.2 Å². The molecule has 1 amide bonds. The quantitative estimate of drug-likeness (QED) is 0.874. The number of amides is 1. The van der Waals surface area contributed by atoms with Gasteiger partial charge in [-0.15, -0.1) is 0 Å². The van der Waals surface area contributed by atoms with Gasteiger partial charge >= 0.3 is 0 Å². The van der Waals surface area contributed by atoms with Crippen molar-refractivity contribution < 1.29 is 4.79 Å². The highest BCUT2D eigenvalue weighted by molar-refractivity contribution is 5.76. The van der Waals surface area contributed by atoms with Gasteiger partial charge in [-0.25, -0.2) is 9.67 Å². The zero-order chi connectivity index (χ0) is 15.4. The van der Waals surface area contributed by atoms with Gasteiger partial charge in [-0.1, -0.05) is 12.5 Å². The summed E-state index contributed by atoms with van der Waals surface area (Å²) in [5.74, 6) is 1.11. The number of aromatic nitrogens is 3. The van der Waals surface area contributed by atoms with Crippen LogP contribution in [0.3, 0.4) is 0 Å². The number of rotatable bonds is 5. The fraction of sp³-hybridized carbons (Fsp3) is 0.438. The van der Waals surface area contributed by atoms with Gasteiger partial charge in [0.05, 0.1) is 0 Å². The monoisotopic (exact) mass is 299 g/mol. The average molecular weight is 299 g/mol. The Bertz CT molecular complexity index is 625. The molecule has 3 N–H and O–H groups in total. The first-order valence-corrected chi connectivity index (χ1v) is 7.70. The maximum absolute atomic E-state index is 12.1. The number of hydrogen-bond acceptors (Lipinski definition) is 4.